The molecule has 9 rings (SSSR count). The fourth-order valence-corrected chi connectivity index (χ4v) is 12.3. The van der Waals surface area contributed by atoms with Crippen molar-refractivity contribution in [1.82, 2.24) is 71.7 Å². The van der Waals surface area contributed by atoms with E-state index in [4.69, 9.17) is 0 Å². The highest BCUT2D eigenvalue weighted by atomic mass is 35.5. The Kier molecular flexibility index (Phi) is 22.4. The van der Waals surface area contributed by atoms with Crippen LogP contribution in [-0.4, -0.2) is 138 Å². The molecule has 0 radical (unpaired) electrons. The van der Waals surface area contributed by atoms with Crippen molar-refractivity contribution in [2.24, 2.45) is 0 Å². The van der Waals surface area contributed by atoms with E-state index >= 15 is 0 Å². The number of hydrogen-bond acceptors (Lipinski definition) is 12. The molecule has 0 spiro atoms. The summed E-state index contributed by atoms with van der Waals surface area (Å²) < 4.78 is 3.68. The van der Waals surface area contributed by atoms with Crippen LogP contribution >= 0.6 is 12.4 Å². The molecule has 6 amide bonds. The SMILES string of the molecule is CNC(C)C(=O)NC1CCCCC2CCC(C(=O)NC(c3ccccc3)c3cn(CCCCc4ccc(CCCCn5cc(C(NC(=O)C6CCC7CCCCC(NC(=O)C(C)NC)C(=O)N76)c6ccccc6)nn5)cc4)nn3)N2C1=O.Cl. The third-order valence-electron chi connectivity index (χ3n) is 17.3. The van der Waals surface area contributed by atoms with Crippen molar-refractivity contribution in [3.05, 3.63) is 131 Å². The van der Waals surface area contributed by atoms with Gasteiger partial charge in [-0.1, -0.05) is 121 Å². The lowest BCUT2D eigenvalue weighted by atomic mass is 9.98. The van der Waals surface area contributed by atoms with Gasteiger partial charge in [0.1, 0.15) is 35.6 Å². The fourth-order valence-electron chi connectivity index (χ4n) is 12.3. The van der Waals surface area contributed by atoms with E-state index in [2.05, 4.69) is 76.8 Å². The second-order valence-electron chi connectivity index (χ2n) is 22.9. The summed E-state index contributed by atoms with van der Waals surface area (Å²) in [6, 6.07) is 23.5. The third kappa shape index (κ3) is 15.8. The zero-order valence-electron chi connectivity index (χ0n) is 48.6. The summed E-state index contributed by atoms with van der Waals surface area (Å²) in [6.45, 7) is 4.86. The van der Waals surface area contributed by atoms with Crippen LogP contribution in [-0.2, 0) is 54.7 Å². The lowest BCUT2D eigenvalue weighted by Gasteiger charge is -2.36. The van der Waals surface area contributed by atoms with Crippen LogP contribution < -0.4 is 31.9 Å². The smallest absolute Gasteiger partial charge is 0.246 e. The van der Waals surface area contributed by atoms with Crippen molar-refractivity contribution in [3.8, 4) is 0 Å². The highest BCUT2D eigenvalue weighted by Crippen LogP contribution is 2.34. The van der Waals surface area contributed by atoms with Gasteiger partial charge in [-0.15, -0.1) is 22.6 Å². The van der Waals surface area contributed by atoms with Crippen LogP contribution in [0.1, 0.15) is 162 Å². The summed E-state index contributed by atoms with van der Waals surface area (Å²) >= 11 is 0. The number of nitrogens with zero attached hydrogens (tertiary/aromatic N) is 8. The Bertz CT molecular complexity index is 2730. The molecule has 2 aromatic heterocycles. The Morgan fingerprint density at radius 2 is 0.904 bits per heavy atom. The number of nitrogens with one attached hydrogen (secondary N) is 6. The maximum Gasteiger partial charge on any atom is 0.246 e. The van der Waals surface area contributed by atoms with Gasteiger partial charge in [0, 0.05) is 25.2 Å². The molecule has 20 nitrogen and oxygen atoms in total. The average Bonchev–Trinajstić information content (AvgIpc) is 4.43. The van der Waals surface area contributed by atoms with Gasteiger partial charge in [0.2, 0.25) is 35.4 Å². The predicted molar refractivity (Wildman–Crippen MR) is 318 cm³/mol. The van der Waals surface area contributed by atoms with Crippen LogP contribution in [0.15, 0.2) is 97.3 Å². The van der Waals surface area contributed by atoms with E-state index < -0.39 is 48.3 Å². The minimum atomic E-state index is -0.676. The first-order chi connectivity index (χ1) is 39.9. The molecule has 0 aliphatic carbocycles. The second-order valence-corrected chi connectivity index (χ2v) is 22.9. The Morgan fingerprint density at radius 3 is 1.29 bits per heavy atom. The van der Waals surface area contributed by atoms with Crippen LogP contribution in [0.3, 0.4) is 0 Å². The van der Waals surface area contributed by atoms with Crippen molar-refractivity contribution < 1.29 is 28.8 Å². The summed E-state index contributed by atoms with van der Waals surface area (Å²) in [6.07, 6.45) is 18.2. The quantitative estimate of drug-likeness (QED) is 0.0402. The van der Waals surface area contributed by atoms with E-state index in [1.165, 1.54) is 11.1 Å². The Hall–Kier alpha value is -7.03. The van der Waals surface area contributed by atoms with Gasteiger partial charge < -0.3 is 41.7 Å². The van der Waals surface area contributed by atoms with Crippen molar-refractivity contribution in [2.45, 2.75) is 203 Å². The lowest BCUT2D eigenvalue weighted by molar-refractivity contribution is -0.144. The summed E-state index contributed by atoms with van der Waals surface area (Å²) in [5.74, 6) is -1.31. The Labute approximate surface area is 494 Å². The number of carbonyl (C=O) groups is 6. The molecule has 4 aliphatic heterocycles. The number of unbranched alkanes of at least 4 members (excludes halogenated alkanes) is 2. The van der Waals surface area contributed by atoms with Crippen LogP contribution in [0.5, 0.6) is 0 Å². The molecule has 10 atom stereocenters. The minimum Gasteiger partial charge on any atom is -0.343 e. The molecule has 446 valence electrons. The van der Waals surface area contributed by atoms with Crippen molar-refractivity contribution >= 4 is 47.9 Å². The molecular weight excluding hydrogens is 1070 g/mol. The highest BCUT2D eigenvalue weighted by Gasteiger charge is 2.46. The minimum absolute atomic E-state index is 0. The number of fused-ring (bicyclic) bond motifs is 2. The number of benzene rings is 3. The number of halogens is 1. The van der Waals surface area contributed by atoms with Gasteiger partial charge in [-0.05, 0) is 140 Å². The molecule has 6 heterocycles. The zero-order valence-corrected chi connectivity index (χ0v) is 49.4. The number of amides is 6. The monoisotopic (exact) mass is 1160 g/mol. The Morgan fingerprint density at radius 1 is 0.518 bits per heavy atom. The van der Waals surface area contributed by atoms with Crippen LogP contribution in [0.2, 0.25) is 0 Å². The van der Waals surface area contributed by atoms with E-state index in [1.54, 1.807) is 37.7 Å². The Balaban J connectivity index is 0.00000900. The third-order valence-corrected chi connectivity index (χ3v) is 17.3. The largest absolute Gasteiger partial charge is 0.343 e. The molecule has 5 aromatic rings. The predicted octanol–water partition coefficient (Wildman–Crippen LogP) is 5.80. The molecular formula is C62H85ClN14O6. The first-order valence-corrected chi connectivity index (χ1v) is 30.1. The molecule has 10 unspecified atom stereocenters. The van der Waals surface area contributed by atoms with Gasteiger partial charge in [-0.3, -0.25) is 38.1 Å². The summed E-state index contributed by atoms with van der Waals surface area (Å²) in [7, 11) is 3.43. The molecule has 6 N–H and O–H groups in total. The number of carbonyl (C=O) groups excluding carboxylic acids is 6. The number of likely N-dealkylation sites (N-methyl/N-ethyl adjacent to an activating group) is 2. The van der Waals surface area contributed by atoms with E-state index in [1.807, 2.05) is 82.4 Å². The first-order valence-electron chi connectivity index (χ1n) is 30.1. The second kappa shape index (κ2) is 30.0. The van der Waals surface area contributed by atoms with Crippen molar-refractivity contribution in [2.75, 3.05) is 14.1 Å². The van der Waals surface area contributed by atoms with Crippen LogP contribution in [0, 0.1) is 0 Å². The zero-order chi connectivity index (χ0) is 57.5. The normalized spacial score (nSPS) is 22.3. The summed E-state index contributed by atoms with van der Waals surface area (Å²) in [4.78, 5) is 86.0. The molecule has 0 bridgehead atoms. The number of aromatic nitrogens is 6. The fraction of sp³-hybridized carbons (Fsp3) is 0.548. The van der Waals surface area contributed by atoms with Gasteiger partial charge in [-0.2, -0.15) is 0 Å². The van der Waals surface area contributed by atoms with Gasteiger partial charge in [0.25, 0.3) is 0 Å². The highest BCUT2D eigenvalue weighted by molar-refractivity contribution is 5.95. The van der Waals surface area contributed by atoms with Crippen LogP contribution in [0.25, 0.3) is 0 Å². The number of hydrogen-bond donors (Lipinski definition) is 6. The molecule has 21 heteroatoms. The maximum atomic E-state index is 14.3. The molecule has 4 aliphatic rings. The number of aryl methyl sites for hydroxylation is 4. The van der Waals surface area contributed by atoms with Crippen LogP contribution in [0.4, 0.5) is 0 Å². The number of rotatable bonds is 24. The standard InChI is InChI=1S/C62H84N14O6.ClH/c1-41(63-3)57(77)65-49-27-13-11-25-47-33-35-53(75(47)61(49)81)59(79)67-55(45-21-7-5-8-22-45)51-39-73(71-69-51)37-17-15-19-43-29-31-44(32-30-43)20-16-18-38-74-40-52(70-72-74)56(46-23-9-6-10-24-46)68-60(80)54-36-34-48-26-12-14-28-50(62(82)76(48)54)66-58(78)42(2)64-4;/h5-10,21-24,29-32,39-42,47-50,53-56,63-64H,11-20,25-28,33-38H2,1-4H3,(H,65,77)(H,66,78)(H,67,79)(H,68,80);1H. The first kappa shape index (κ1) is 62.0. The summed E-state index contributed by atoms with van der Waals surface area (Å²) in [5, 5.41) is 36.4. The molecule has 4 fully saturated rings. The molecule has 0 saturated carbocycles. The molecule has 3 aromatic carbocycles. The van der Waals surface area contributed by atoms with E-state index in [0.717, 1.165) is 101 Å². The van der Waals surface area contributed by atoms with Crippen molar-refractivity contribution in [3.63, 3.8) is 0 Å². The summed E-state index contributed by atoms with van der Waals surface area (Å²) in [5.41, 5.74) is 5.53. The maximum absolute atomic E-state index is 14.3. The van der Waals surface area contributed by atoms with Gasteiger partial charge in [0.05, 0.1) is 36.6 Å². The average molecular weight is 1160 g/mol. The lowest BCUT2D eigenvalue weighted by Crippen LogP contribution is -2.58. The van der Waals surface area contributed by atoms with E-state index in [9.17, 15) is 28.8 Å². The van der Waals surface area contributed by atoms with Gasteiger partial charge >= 0.3 is 0 Å². The van der Waals surface area contributed by atoms with E-state index in [-0.39, 0.29) is 59.9 Å². The van der Waals surface area contributed by atoms with Gasteiger partial charge in [-0.25, -0.2) is 0 Å². The van der Waals surface area contributed by atoms with E-state index in [0.29, 0.717) is 50.2 Å². The van der Waals surface area contributed by atoms with Crippen molar-refractivity contribution in [1.29, 1.82) is 0 Å². The topological polar surface area (TPSA) is 242 Å². The van der Waals surface area contributed by atoms with Gasteiger partial charge in [0.15, 0.2) is 0 Å². The molecule has 4 saturated heterocycles. The molecule has 83 heavy (non-hydrogen) atoms.